The topological polar surface area (TPSA) is 61.8 Å². The van der Waals surface area contributed by atoms with Crippen molar-refractivity contribution in [2.75, 3.05) is 13.4 Å². The fourth-order valence-corrected chi connectivity index (χ4v) is 2.31. The van der Waals surface area contributed by atoms with Crippen LogP contribution in [0.3, 0.4) is 0 Å². The van der Waals surface area contributed by atoms with Gasteiger partial charge in [-0.05, 0) is 65.1 Å². The first-order valence-corrected chi connectivity index (χ1v) is 7.57. The second-order valence-electron chi connectivity index (χ2n) is 4.57. The highest BCUT2D eigenvalue weighted by Gasteiger charge is 2.17. The van der Waals surface area contributed by atoms with Crippen molar-refractivity contribution in [3.05, 3.63) is 57.2 Å². The molecule has 1 aliphatic heterocycles. The number of fused-ring (bicyclic) bond motifs is 1. The molecular formula is C16H11IO5. The van der Waals surface area contributed by atoms with Crippen molar-refractivity contribution < 1.29 is 23.8 Å². The summed E-state index contributed by atoms with van der Waals surface area (Å²) < 4.78 is 16.5. The number of benzene rings is 2. The van der Waals surface area contributed by atoms with Gasteiger partial charge in [0.05, 0.1) is 5.56 Å². The Kier molecular flexibility index (Phi) is 4.28. The highest BCUT2D eigenvalue weighted by Crippen LogP contribution is 2.32. The van der Waals surface area contributed by atoms with Crippen molar-refractivity contribution in [1.29, 1.82) is 0 Å². The van der Waals surface area contributed by atoms with E-state index in [0.29, 0.717) is 22.6 Å². The lowest BCUT2D eigenvalue weighted by Gasteiger charge is -2.05. The number of rotatable bonds is 4. The summed E-state index contributed by atoms with van der Waals surface area (Å²) in [6.07, 6.45) is 0. The third-order valence-electron chi connectivity index (χ3n) is 3.11. The molecule has 5 nitrogen and oxygen atoms in total. The van der Waals surface area contributed by atoms with Crippen LogP contribution in [0, 0.1) is 3.57 Å². The van der Waals surface area contributed by atoms with Crippen molar-refractivity contribution in [3.8, 4) is 11.5 Å². The fourth-order valence-electron chi connectivity index (χ4n) is 1.95. The van der Waals surface area contributed by atoms with Crippen LogP contribution in [0.15, 0.2) is 42.5 Å². The number of hydrogen-bond donors (Lipinski definition) is 0. The monoisotopic (exact) mass is 410 g/mol. The van der Waals surface area contributed by atoms with Gasteiger partial charge in [0.25, 0.3) is 0 Å². The standard InChI is InChI=1S/C16H11IO5/c17-12-4-1-10(2-5-12)16(19)20-8-13(18)11-3-6-14-15(7-11)22-9-21-14/h1-7H,8-9H2. The Balaban J connectivity index is 1.62. The Hall–Kier alpha value is -2.09. The van der Waals surface area contributed by atoms with E-state index in [0.717, 1.165) is 3.57 Å². The van der Waals surface area contributed by atoms with Crippen LogP contribution < -0.4 is 9.47 Å². The zero-order valence-electron chi connectivity index (χ0n) is 11.4. The van der Waals surface area contributed by atoms with Crippen molar-refractivity contribution in [2.24, 2.45) is 0 Å². The van der Waals surface area contributed by atoms with Crippen LogP contribution in [-0.2, 0) is 4.74 Å². The lowest BCUT2D eigenvalue weighted by atomic mass is 10.1. The van der Waals surface area contributed by atoms with E-state index in [-0.39, 0.29) is 19.2 Å². The lowest BCUT2D eigenvalue weighted by Crippen LogP contribution is -2.14. The van der Waals surface area contributed by atoms with Crippen LogP contribution >= 0.6 is 22.6 Å². The predicted molar refractivity (Wildman–Crippen MR) is 86.3 cm³/mol. The Morgan fingerprint density at radius 2 is 1.68 bits per heavy atom. The van der Waals surface area contributed by atoms with Crippen molar-refractivity contribution in [3.63, 3.8) is 0 Å². The average Bonchev–Trinajstić information content (AvgIpc) is 3.00. The number of carbonyl (C=O) groups excluding carboxylic acids is 2. The molecule has 0 atom stereocenters. The van der Waals surface area contributed by atoms with Gasteiger partial charge in [0.2, 0.25) is 6.79 Å². The third kappa shape index (κ3) is 3.22. The first kappa shape index (κ1) is 14.8. The van der Waals surface area contributed by atoms with Crippen LogP contribution in [0.2, 0.25) is 0 Å². The second-order valence-corrected chi connectivity index (χ2v) is 5.82. The molecule has 0 unspecified atom stereocenters. The maximum atomic E-state index is 12.1. The van der Waals surface area contributed by atoms with Gasteiger partial charge in [-0.1, -0.05) is 0 Å². The SMILES string of the molecule is O=C(COC(=O)c1ccc(I)cc1)c1ccc2c(c1)OCO2. The van der Waals surface area contributed by atoms with Crippen LogP contribution in [-0.4, -0.2) is 25.2 Å². The second kappa shape index (κ2) is 6.35. The number of halogens is 1. The molecule has 0 spiro atoms. The van der Waals surface area contributed by atoms with E-state index in [4.69, 9.17) is 14.2 Å². The molecule has 6 heteroatoms. The molecule has 0 N–H and O–H groups in total. The van der Waals surface area contributed by atoms with Crippen molar-refractivity contribution in [2.45, 2.75) is 0 Å². The van der Waals surface area contributed by atoms with Gasteiger partial charge in [0.15, 0.2) is 23.9 Å². The molecule has 2 aromatic carbocycles. The zero-order valence-corrected chi connectivity index (χ0v) is 13.5. The van der Waals surface area contributed by atoms with Gasteiger partial charge < -0.3 is 14.2 Å². The summed E-state index contributed by atoms with van der Waals surface area (Å²) in [5.41, 5.74) is 0.832. The van der Waals surface area contributed by atoms with E-state index < -0.39 is 5.97 Å². The smallest absolute Gasteiger partial charge is 0.338 e. The van der Waals surface area contributed by atoms with E-state index >= 15 is 0 Å². The molecule has 0 aromatic heterocycles. The van der Waals surface area contributed by atoms with E-state index in [9.17, 15) is 9.59 Å². The Morgan fingerprint density at radius 3 is 2.45 bits per heavy atom. The molecular weight excluding hydrogens is 399 g/mol. The van der Waals surface area contributed by atoms with Gasteiger partial charge in [-0.3, -0.25) is 4.79 Å². The van der Waals surface area contributed by atoms with Crippen molar-refractivity contribution in [1.82, 2.24) is 0 Å². The fraction of sp³-hybridized carbons (Fsp3) is 0.125. The minimum absolute atomic E-state index is 0.148. The van der Waals surface area contributed by atoms with Crippen LogP contribution in [0.1, 0.15) is 20.7 Å². The molecule has 3 rings (SSSR count). The summed E-state index contributed by atoms with van der Waals surface area (Å²) in [5, 5.41) is 0. The van der Waals surface area contributed by atoms with E-state index in [1.807, 2.05) is 0 Å². The molecule has 1 heterocycles. The molecule has 0 bridgehead atoms. The van der Waals surface area contributed by atoms with Crippen molar-refractivity contribution >= 4 is 34.3 Å². The molecule has 0 saturated heterocycles. The molecule has 0 radical (unpaired) electrons. The van der Waals surface area contributed by atoms with E-state index in [2.05, 4.69) is 22.6 Å². The predicted octanol–water partition coefficient (Wildman–Crippen LogP) is 3.06. The third-order valence-corrected chi connectivity index (χ3v) is 3.83. The number of Topliss-reactive ketones (excluding diaryl/α,β-unsaturated/α-hetero) is 1. The number of ketones is 1. The zero-order chi connectivity index (χ0) is 15.5. The van der Waals surface area contributed by atoms with Crippen LogP contribution in [0.25, 0.3) is 0 Å². The van der Waals surface area contributed by atoms with Gasteiger partial charge in [-0.25, -0.2) is 4.79 Å². The minimum Gasteiger partial charge on any atom is -0.454 e. The maximum Gasteiger partial charge on any atom is 0.338 e. The average molecular weight is 410 g/mol. The lowest BCUT2D eigenvalue weighted by molar-refractivity contribution is 0.0474. The molecule has 0 amide bonds. The van der Waals surface area contributed by atoms with Gasteiger partial charge in [-0.15, -0.1) is 0 Å². The summed E-state index contributed by atoms with van der Waals surface area (Å²) >= 11 is 2.15. The number of carbonyl (C=O) groups is 2. The number of esters is 1. The maximum absolute atomic E-state index is 12.1. The molecule has 2 aromatic rings. The summed E-state index contributed by atoms with van der Waals surface area (Å²) in [4.78, 5) is 23.9. The van der Waals surface area contributed by atoms with Gasteiger partial charge in [-0.2, -0.15) is 0 Å². The normalized spacial score (nSPS) is 12.0. The van der Waals surface area contributed by atoms with E-state index in [1.54, 1.807) is 42.5 Å². The Labute approximate surface area is 140 Å². The number of hydrogen-bond acceptors (Lipinski definition) is 5. The van der Waals surface area contributed by atoms with Crippen LogP contribution in [0.5, 0.6) is 11.5 Å². The summed E-state index contributed by atoms with van der Waals surface area (Å²) in [6, 6.07) is 11.8. The largest absolute Gasteiger partial charge is 0.454 e. The van der Waals surface area contributed by atoms with Gasteiger partial charge in [0.1, 0.15) is 0 Å². The molecule has 0 aliphatic carbocycles. The highest BCUT2D eigenvalue weighted by atomic mass is 127. The molecule has 0 saturated carbocycles. The van der Waals surface area contributed by atoms with E-state index in [1.165, 1.54) is 0 Å². The summed E-state index contributed by atoms with van der Waals surface area (Å²) in [7, 11) is 0. The highest BCUT2D eigenvalue weighted by molar-refractivity contribution is 14.1. The first-order valence-electron chi connectivity index (χ1n) is 6.49. The quantitative estimate of drug-likeness (QED) is 0.441. The molecule has 112 valence electrons. The molecule has 0 fully saturated rings. The summed E-state index contributed by atoms with van der Waals surface area (Å²) in [5.74, 6) is 0.310. The van der Waals surface area contributed by atoms with Crippen LogP contribution in [0.4, 0.5) is 0 Å². The van der Waals surface area contributed by atoms with Gasteiger partial charge >= 0.3 is 5.97 Å². The molecule has 22 heavy (non-hydrogen) atoms. The Morgan fingerprint density at radius 1 is 1.00 bits per heavy atom. The minimum atomic E-state index is -0.523. The molecule has 1 aliphatic rings. The Bertz CT molecular complexity index is 724. The number of ether oxygens (including phenoxy) is 3. The first-order chi connectivity index (χ1) is 10.6. The summed E-state index contributed by atoms with van der Waals surface area (Å²) in [6.45, 7) is -0.167. The van der Waals surface area contributed by atoms with Gasteiger partial charge in [0, 0.05) is 9.13 Å².